The van der Waals surface area contributed by atoms with Crippen LogP contribution in [0.1, 0.15) is 18.4 Å². The lowest BCUT2D eigenvalue weighted by atomic mass is 9.98. The number of nitrogens with zero attached hydrogens (tertiary/aromatic N) is 2. The Morgan fingerprint density at radius 1 is 1.55 bits per heavy atom. The molecule has 6 heteroatoms. The molecule has 0 aliphatic carbocycles. The van der Waals surface area contributed by atoms with Crippen molar-refractivity contribution in [3.05, 3.63) is 32.8 Å². The van der Waals surface area contributed by atoms with Crippen LogP contribution in [0.2, 0.25) is 5.02 Å². The van der Waals surface area contributed by atoms with Gasteiger partial charge in [0.2, 0.25) is 0 Å². The van der Waals surface area contributed by atoms with Crippen LogP contribution >= 0.6 is 11.6 Å². The molecular formula is C14H20ClN3O2. The molecule has 0 saturated carbocycles. The average molecular weight is 298 g/mol. The van der Waals surface area contributed by atoms with Gasteiger partial charge in [-0.2, -0.15) is 0 Å². The molecule has 1 heterocycles. The fourth-order valence-corrected chi connectivity index (χ4v) is 3.07. The zero-order chi connectivity index (χ0) is 14.7. The summed E-state index contributed by atoms with van der Waals surface area (Å²) in [5, 5.41) is 14.6. The molecule has 110 valence electrons. The molecule has 2 rings (SSSR count). The summed E-state index contributed by atoms with van der Waals surface area (Å²) in [6.07, 6.45) is 2.43. The number of nitro benzene ring substituents is 1. The highest BCUT2D eigenvalue weighted by Gasteiger charge is 2.18. The number of benzene rings is 1. The largest absolute Gasteiger partial charge is 0.383 e. The summed E-state index contributed by atoms with van der Waals surface area (Å²) in [6.45, 7) is 4.93. The van der Waals surface area contributed by atoms with Gasteiger partial charge in [0, 0.05) is 25.2 Å². The van der Waals surface area contributed by atoms with Crippen molar-refractivity contribution in [3.8, 4) is 0 Å². The minimum atomic E-state index is -0.418. The Morgan fingerprint density at radius 3 is 2.90 bits per heavy atom. The van der Waals surface area contributed by atoms with Gasteiger partial charge in [-0.25, -0.2) is 0 Å². The minimum absolute atomic E-state index is 0.0375. The molecule has 0 radical (unpaired) electrons. The molecule has 0 amide bonds. The highest BCUT2D eigenvalue weighted by Crippen LogP contribution is 2.31. The predicted molar refractivity (Wildman–Crippen MR) is 81.6 cm³/mol. The third-order valence-corrected chi connectivity index (χ3v) is 4.07. The van der Waals surface area contributed by atoms with Crippen molar-refractivity contribution in [3.63, 3.8) is 0 Å². The standard InChI is InChI=1S/C14H20ClN3O2/c1-10-6-12(18(19)20)7-13(15)14(10)16-8-11-4-3-5-17(2)9-11/h6-7,11,16H,3-5,8-9H2,1-2H3. The lowest BCUT2D eigenvalue weighted by Gasteiger charge is -2.30. The van der Waals surface area contributed by atoms with Crippen LogP contribution in [0.4, 0.5) is 11.4 Å². The van der Waals surface area contributed by atoms with E-state index in [4.69, 9.17) is 11.6 Å². The minimum Gasteiger partial charge on any atom is -0.383 e. The van der Waals surface area contributed by atoms with Crippen molar-refractivity contribution in [2.75, 3.05) is 32.0 Å². The van der Waals surface area contributed by atoms with Crippen LogP contribution in [-0.4, -0.2) is 36.5 Å². The lowest BCUT2D eigenvalue weighted by Crippen LogP contribution is -2.35. The average Bonchev–Trinajstić information content (AvgIpc) is 2.37. The maximum atomic E-state index is 10.8. The van der Waals surface area contributed by atoms with E-state index in [1.165, 1.54) is 18.9 Å². The monoisotopic (exact) mass is 297 g/mol. The maximum Gasteiger partial charge on any atom is 0.271 e. The number of nitro groups is 1. The van der Waals surface area contributed by atoms with Gasteiger partial charge >= 0.3 is 0 Å². The molecule has 1 aromatic rings. The Labute approximate surface area is 124 Å². The number of non-ortho nitro benzene ring substituents is 1. The van der Waals surface area contributed by atoms with Crippen molar-refractivity contribution in [1.82, 2.24) is 4.90 Å². The molecule has 5 nitrogen and oxygen atoms in total. The van der Waals surface area contributed by atoms with Crippen LogP contribution in [0, 0.1) is 23.0 Å². The van der Waals surface area contributed by atoms with Crippen molar-refractivity contribution >= 4 is 23.0 Å². The first-order valence-electron chi connectivity index (χ1n) is 6.84. The number of aryl methyl sites for hydroxylation is 1. The Morgan fingerprint density at radius 2 is 2.30 bits per heavy atom. The molecular weight excluding hydrogens is 278 g/mol. The SMILES string of the molecule is Cc1cc([N+](=O)[O-])cc(Cl)c1NCC1CCCN(C)C1. The van der Waals surface area contributed by atoms with E-state index in [1.807, 2.05) is 6.92 Å². The van der Waals surface area contributed by atoms with Gasteiger partial charge in [0.25, 0.3) is 5.69 Å². The van der Waals surface area contributed by atoms with Gasteiger partial charge in [0.15, 0.2) is 0 Å². The fourth-order valence-electron chi connectivity index (χ4n) is 2.74. The molecule has 0 spiro atoms. The molecule has 1 N–H and O–H groups in total. The van der Waals surface area contributed by atoms with Crippen molar-refractivity contribution in [2.24, 2.45) is 5.92 Å². The smallest absolute Gasteiger partial charge is 0.271 e. The van der Waals surface area contributed by atoms with E-state index in [1.54, 1.807) is 6.07 Å². The van der Waals surface area contributed by atoms with Gasteiger partial charge in [0.1, 0.15) is 0 Å². The van der Waals surface area contributed by atoms with Crippen LogP contribution in [0.15, 0.2) is 12.1 Å². The first-order valence-corrected chi connectivity index (χ1v) is 7.22. The van der Waals surface area contributed by atoms with E-state index in [9.17, 15) is 10.1 Å². The number of anilines is 1. The number of nitrogens with one attached hydrogen (secondary N) is 1. The summed E-state index contributed by atoms with van der Waals surface area (Å²) in [5.74, 6) is 0.597. The van der Waals surface area contributed by atoms with Gasteiger partial charge in [-0.15, -0.1) is 0 Å². The normalized spacial score (nSPS) is 19.9. The summed E-state index contributed by atoms with van der Waals surface area (Å²) in [5.41, 5.74) is 1.66. The second-order valence-electron chi connectivity index (χ2n) is 5.53. The molecule has 1 unspecified atom stereocenters. The fraction of sp³-hybridized carbons (Fsp3) is 0.571. The highest BCUT2D eigenvalue weighted by molar-refractivity contribution is 6.33. The van der Waals surface area contributed by atoms with Crippen LogP contribution in [0.3, 0.4) is 0 Å². The number of halogens is 1. The molecule has 1 fully saturated rings. The van der Waals surface area contributed by atoms with Gasteiger partial charge in [-0.3, -0.25) is 10.1 Å². The molecule has 1 aliphatic heterocycles. The second kappa shape index (κ2) is 6.41. The van der Waals surface area contributed by atoms with Crippen molar-refractivity contribution < 1.29 is 4.92 Å². The zero-order valence-corrected chi connectivity index (χ0v) is 12.6. The predicted octanol–water partition coefficient (Wildman–Crippen LogP) is 3.31. The van der Waals surface area contributed by atoms with E-state index < -0.39 is 4.92 Å². The number of piperidine rings is 1. The van der Waals surface area contributed by atoms with Crippen molar-refractivity contribution in [2.45, 2.75) is 19.8 Å². The number of likely N-dealkylation sites (tertiary alicyclic amines) is 1. The van der Waals surface area contributed by atoms with Gasteiger partial charge in [-0.05, 0) is 44.8 Å². The molecule has 1 aliphatic rings. The second-order valence-corrected chi connectivity index (χ2v) is 5.94. The number of rotatable bonds is 4. The Balaban J connectivity index is 2.04. The lowest BCUT2D eigenvalue weighted by molar-refractivity contribution is -0.384. The first kappa shape index (κ1) is 15.1. The Bertz CT molecular complexity index is 484. The van der Waals surface area contributed by atoms with E-state index in [2.05, 4.69) is 17.3 Å². The first-order chi connectivity index (χ1) is 9.47. The number of hydrogen-bond donors (Lipinski definition) is 1. The van der Waals surface area contributed by atoms with E-state index in [0.29, 0.717) is 10.9 Å². The van der Waals surface area contributed by atoms with E-state index >= 15 is 0 Å². The Hall–Kier alpha value is -1.33. The third kappa shape index (κ3) is 3.61. The summed E-state index contributed by atoms with van der Waals surface area (Å²) in [7, 11) is 2.14. The van der Waals surface area contributed by atoms with E-state index in [0.717, 1.165) is 30.9 Å². The molecule has 0 bridgehead atoms. The van der Waals surface area contributed by atoms with Gasteiger partial charge in [0.05, 0.1) is 15.6 Å². The third-order valence-electron chi connectivity index (χ3n) is 3.77. The van der Waals surface area contributed by atoms with E-state index in [-0.39, 0.29) is 5.69 Å². The van der Waals surface area contributed by atoms with Crippen LogP contribution < -0.4 is 5.32 Å². The summed E-state index contributed by atoms with van der Waals surface area (Å²) >= 11 is 6.15. The maximum absolute atomic E-state index is 10.8. The zero-order valence-electron chi connectivity index (χ0n) is 11.9. The molecule has 0 aromatic heterocycles. The molecule has 1 aromatic carbocycles. The van der Waals surface area contributed by atoms with Crippen molar-refractivity contribution in [1.29, 1.82) is 0 Å². The summed E-state index contributed by atoms with van der Waals surface area (Å²) in [4.78, 5) is 12.7. The Kier molecular flexibility index (Phi) is 4.83. The van der Waals surface area contributed by atoms with Crippen LogP contribution in [0.25, 0.3) is 0 Å². The topological polar surface area (TPSA) is 58.4 Å². The summed E-state index contributed by atoms with van der Waals surface area (Å²) < 4.78 is 0. The van der Waals surface area contributed by atoms with Gasteiger partial charge < -0.3 is 10.2 Å². The van der Waals surface area contributed by atoms with Gasteiger partial charge in [-0.1, -0.05) is 11.6 Å². The summed E-state index contributed by atoms with van der Waals surface area (Å²) in [6, 6.07) is 2.96. The van der Waals surface area contributed by atoms with Crippen LogP contribution in [0.5, 0.6) is 0 Å². The van der Waals surface area contributed by atoms with Crippen LogP contribution in [-0.2, 0) is 0 Å². The molecule has 20 heavy (non-hydrogen) atoms. The quantitative estimate of drug-likeness (QED) is 0.684. The molecule has 1 saturated heterocycles. The highest BCUT2D eigenvalue weighted by atomic mass is 35.5. The molecule has 1 atom stereocenters. The number of hydrogen-bond acceptors (Lipinski definition) is 4.